The largest absolute Gasteiger partial charge is 0.489 e. The number of hydrogen-bond donors (Lipinski definition) is 1. The standard InChI is InChI=1S/C25H27N3O5/c29-23-9-8-21(24(30)26-23)28-15-20-19(25(28)31)2-1-3-22(20)33-16-18-6-4-17(5-7-18)14-27-10-12-32-13-11-27/h1-7,21H,8-16H2,(H,26,29,30)/i10D2,11D2,12D2,13D2. The van der Waals surface area contributed by atoms with E-state index in [4.69, 9.17) is 15.7 Å². The van der Waals surface area contributed by atoms with Gasteiger partial charge in [0.1, 0.15) is 18.4 Å². The molecule has 2 fully saturated rings. The summed E-state index contributed by atoms with van der Waals surface area (Å²) in [6, 6.07) is 10.8. The van der Waals surface area contributed by atoms with Crippen LogP contribution in [0.5, 0.6) is 5.75 Å². The molecular formula is C25H27N3O5. The Morgan fingerprint density at radius 2 is 1.82 bits per heavy atom. The van der Waals surface area contributed by atoms with Crippen molar-refractivity contribution in [1.82, 2.24) is 15.1 Å². The molecule has 8 heteroatoms. The lowest BCUT2D eigenvalue weighted by Crippen LogP contribution is -2.52. The van der Waals surface area contributed by atoms with Gasteiger partial charge in [0, 0.05) is 42.6 Å². The van der Waals surface area contributed by atoms with Gasteiger partial charge in [0.15, 0.2) is 0 Å². The fraction of sp³-hybridized carbons (Fsp3) is 0.400. The van der Waals surface area contributed by atoms with Gasteiger partial charge in [-0.05, 0) is 29.7 Å². The van der Waals surface area contributed by atoms with Crippen LogP contribution in [-0.2, 0) is 34.0 Å². The van der Waals surface area contributed by atoms with E-state index in [1.165, 1.54) is 4.90 Å². The summed E-state index contributed by atoms with van der Waals surface area (Å²) in [7, 11) is 0. The number of nitrogens with zero attached hydrogens (tertiary/aromatic N) is 2. The highest BCUT2D eigenvalue weighted by molar-refractivity contribution is 6.05. The highest BCUT2D eigenvalue weighted by Crippen LogP contribution is 2.34. The zero-order chi connectivity index (χ0) is 30.0. The molecule has 3 heterocycles. The van der Waals surface area contributed by atoms with E-state index < -0.39 is 44.6 Å². The summed E-state index contributed by atoms with van der Waals surface area (Å²) in [6.45, 7) is -12.4. The van der Waals surface area contributed by atoms with Gasteiger partial charge in [-0.2, -0.15) is 0 Å². The van der Waals surface area contributed by atoms with Crippen LogP contribution in [0.1, 0.15) is 50.9 Å². The summed E-state index contributed by atoms with van der Waals surface area (Å²) in [6.07, 6.45) is 0.395. The molecule has 8 nitrogen and oxygen atoms in total. The average molecular weight is 458 g/mol. The highest BCUT2D eigenvalue weighted by Gasteiger charge is 2.40. The number of morpholine rings is 1. The van der Waals surface area contributed by atoms with Crippen molar-refractivity contribution in [3.8, 4) is 5.75 Å². The van der Waals surface area contributed by atoms with E-state index in [0.29, 0.717) is 32.9 Å². The molecule has 5 rings (SSSR count). The Kier molecular flexibility index (Phi) is 3.99. The first-order valence-corrected chi connectivity index (χ1v) is 10.5. The summed E-state index contributed by atoms with van der Waals surface area (Å²) in [4.78, 5) is 38.8. The van der Waals surface area contributed by atoms with E-state index in [0.717, 1.165) is 0 Å². The molecule has 0 radical (unpaired) electrons. The first kappa shape index (κ1) is 14.1. The Morgan fingerprint density at radius 3 is 2.58 bits per heavy atom. The third kappa shape index (κ3) is 4.62. The highest BCUT2D eigenvalue weighted by atomic mass is 16.5. The number of carbonyl (C=O) groups excluding carboxylic acids is 3. The molecule has 3 aliphatic rings. The van der Waals surface area contributed by atoms with Crippen LogP contribution >= 0.6 is 0 Å². The van der Waals surface area contributed by atoms with Crippen molar-refractivity contribution in [3.63, 3.8) is 0 Å². The second-order valence-corrected chi connectivity index (χ2v) is 7.90. The number of ether oxygens (including phenoxy) is 2. The van der Waals surface area contributed by atoms with Crippen molar-refractivity contribution in [3.05, 3.63) is 64.7 Å². The van der Waals surface area contributed by atoms with Gasteiger partial charge in [-0.15, -0.1) is 0 Å². The molecule has 2 saturated heterocycles. The molecule has 1 N–H and O–H groups in total. The van der Waals surface area contributed by atoms with Gasteiger partial charge in [0.05, 0.1) is 25.1 Å². The van der Waals surface area contributed by atoms with Crippen molar-refractivity contribution in [1.29, 1.82) is 0 Å². The normalized spacial score (nSPS) is 30.8. The number of hydrogen-bond acceptors (Lipinski definition) is 6. The Bertz CT molecular complexity index is 1380. The number of amides is 3. The summed E-state index contributed by atoms with van der Waals surface area (Å²) in [5.74, 6) is -0.736. The number of nitrogens with one attached hydrogen (secondary N) is 1. The van der Waals surface area contributed by atoms with Crippen molar-refractivity contribution >= 4 is 17.7 Å². The molecule has 3 aliphatic heterocycles. The zero-order valence-electron chi connectivity index (χ0n) is 25.6. The van der Waals surface area contributed by atoms with Crippen LogP contribution < -0.4 is 10.1 Å². The first-order valence-electron chi connectivity index (χ1n) is 14.5. The van der Waals surface area contributed by atoms with Crippen LogP contribution in [-0.4, -0.2) is 59.7 Å². The molecule has 2 aromatic rings. The second-order valence-electron chi connectivity index (χ2n) is 7.90. The van der Waals surface area contributed by atoms with E-state index in [1.54, 1.807) is 42.5 Å². The van der Waals surface area contributed by atoms with E-state index in [9.17, 15) is 14.4 Å². The molecule has 0 saturated carbocycles. The average Bonchev–Trinajstić information content (AvgIpc) is 3.21. The van der Waals surface area contributed by atoms with E-state index in [1.807, 2.05) is 0 Å². The van der Waals surface area contributed by atoms with Crippen molar-refractivity contribution in [2.45, 2.75) is 38.6 Å². The van der Waals surface area contributed by atoms with Gasteiger partial charge >= 0.3 is 0 Å². The maximum atomic E-state index is 13.0. The predicted octanol–water partition coefficient (Wildman–Crippen LogP) is 1.86. The maximum Gasteiger partial charge on any atom is 0.255 e. The van der Waals surface area contributed by atoms with Gasteiger partial charge < -0.3 is 14.4 Å². The number of carbonyl (C=O) groups is 3. The molecule has 0 bridgehead atoms. The molecule has 0 aromatic heterocycles. The van der Waals surface area contributed by atoms with Crippen LogP contribution in [0.15, 0.2) is 42.5 Å². The molecule has 33 heavy (non-hydrogen) atoms. The summed E-state index contributed by atoms with van der Waals surface area (Å²) >= 11 is 0. The third-order valence-corrected chi connectivity index (χ3v) is 5.76. The molecule has 0 spiro atoms. The third-order valence-electron chi connectivity index (χ3n) is 5.76. The molecule has 1 unspecified atom stereocenters. The molecule has 3 amide bonds. The lowest BCUT2D eigenvalue weighted by atomic mass is 10.0. The summed E-state index contributed by atoms with van der Waals surface area (Å²) in [5.41, 5.74) is 2.13. The van der Waals surface area contributed by atoms with E-state index in [2.05, 4.69) is 10.1 Å². The lowest BCUT2D eigenvalue weighted by Gasteiger charge is -2.29. The number of piperidine rings is 1. The number of rotatable bonds is 6. The maximum absolute atomic E-state index is 13.0. The van der Waals surface area contributed by atoms with Gasteiger partial charge in [0.25, 0.3) is 5.91 Å². The van der Waals surface area contributed by atoms with Crippen LogP contribution in [0.2, 0.25) is 0 Å². The van der Waals surface area contributed by atoms with Gasteiger partial charge in [-0.1, -0.05) is 30.3 Å². The molecular weight excluding hydrogens is 422 g/mol. The number of fused-ring (bicyclic) bond motifs is 1. The van der Waals surface area contributed by atoms with Crippen molar-refractivity contribution in [2.75, 3.05) is 26.1 Å². The fourth-order valence-electron chi connectivity index (χ4n) is 4.07. The Labute approximate surface area is 203 Å². The van der Waals surface area contributed by atoms with E-state index >= 15 is 0 Å². The molecule has 172 valence electrons. The fourth-order valence-corrected chi connectivity index (χ4v) is 4.07. The Hall–Kier alpha value is -3.23. The first-order chi connectivity index (χ1) is 19.0. The van der Waals surface area contributed by atoms with Gasteiger partial charge in [-0.3, -0.25) is 24.6 Å². The zero-order valence-corrected chi connectivity index (χ0v) is 17.6. The smallest absolute Gasteiger partial charge is 0.255 e. The van der Waals surface area contributed by atoms with Crippen LogP contribution in [0, 0.1) is 0 Å². The minimum Gasteiger partial charge on any atom is -0.489 e. The topological polar surface area (TPSA) is 88.2 Å². The second kappa shape index (κ2) is 9.33. The molecule has 1 atom stereocenters. The predicted molar refractivity (Wildman–Crippen MR) is 119 cm³/mol. The minimum atomic E-state index is -3.11. The summed E-state index contributed by atoms with van der Waals surface area (Å²) in [5, 5.41) is 2.27. The van der Waals surface area contributed by atoms with Gasteiger partial charge in [-0.25, -0.2) is 0 Å². The van der Waals surface area contributed by atoms with E-state index in [-0.39, 0.29) is 37.8 Å². The van der Waals surface area contributed by atoms with Crippen molar-refractivity contribution < 1.29 is 34.8 Å². The van der Waals surface area contributed by atoms with Crippen molar-refractivity contribution in [2.24, 2.45) is 0 Å². The molecule has 0 aliphatic carbocycles. The van der Waals surface area contributed by atoms with Gasteiger partial charge in [0.2, 0.25) is 11.8 Å². The SMILES string of the molecule is [2H]C1([2H])OC([2H])([2H])C([2H])([2H])N(Cc2ccc(COc3cccc4c3CN(C3CCC(=O)NC3=O)C4=O)cc2)C1([2H])[2H]. The number of imide groups is 1. The number of benzene rings is 2. The van der Waals surface area contributed by atoms with Crippen LogP contribution in [0.25, 0.3) is 0 Å². The Morgan fingerprint density at radius 1 is 1.06 bits per heavy atom. The lowest BCUT2D eigenvalue weighted by molar-refractivity contribution is -0.136. The minimum absolute atomic E-state index is 0.0909. The Balaban J connectivity index is 1.28. The van der Waals surface area contributed by atoms with Crippen LogP contribution in [0.4, 0.5) is 0 Å². The monoisotopic (exact) mass is 457 g/mol. The van der Waals surface area contributed by atoms with Crippen LogP contribution in [0.3, 0.4) is 0 Å². The summed E-state index contributed by atoms with van der Waals surface area (Å²) < 4.78 is 74.4. The quantitative estimate of drug-likeness (QED) is 0.667. The molecule has 2 aromatic carbocycles.